The van der Waals surface area contributed by atoms with Gasteiger partial charge in [-0.3, -0.25) is 9.59 Å². The molecule has 3 unspecified atom stereocenters. The molecule has 6 nitrogen and oxygen atoms in total. The summed E-state index contributed by atoms with van der Waals surface area (Å²) in [6.45, 7) is 1.46. The molecule has 3 atom stereocenters. The van der Waals surface area contributed by atoms with Crippen molar-refractivity contribution in [2.75, 3.05) is 18.6 Å². The van der Waals surface area contributed by atoms with Crippen LogP contribution in [0.25, 0.3) is 0 Å². The van der Waals surface area contributed by atoms with Crippen molar-refractivity contribution in [1.29, 1.82) is 0 Å². The van der Waals surface area contributed by atoms with E-state index in [1.54, 1.807) is 0 Å². The van der Waals surface area contributed by atoms with Crippen LogP contribution in [0.3, 0.4) is 0 Å². The van der Waals surface area contributed by atoms with Gasteiger partial charge in [-0.05, 0) is 13.0 Å². The van der Waals surface area contributed by atoms with E-state index in [0.29, 0.717) is 0 Å². The van der Waals surface area contributed by atoms with Crippen LogP contribution in [-0.2, 0) is 19.9 Å². The molecular weight excluding hydrogens is 327 g/mol. The predicted octanol–water partition coefficient (Wildman–Crippen LogP) is 2.28. The molecule has 2 aliphatic heterocycles. The molecule has 128 valence electrons. The highest BCUT2D eigenvalue weighted by molar-refractivity contribution is 6.10. The van der Waals surface area contributed by atoms with Crippen molar-refractivity contribution in [2.24, 2.45) is 16.1 Å². The number of carbonyl (C=O) groups is 2. The van der Waals surface area contributed by atoms with Crippen LogP contribution in [0.2, 0.25) is 0 Å². The first-order valence-corrected chi connectivity index (χ1v) is 7.30. The Labute approximate surface area is 135 Å². The number of alkyl halides is 2. The van der Waals surface area contributed by atoms with E-state index < -0.39 is 41.6 Å². The minimum absolute atomic E-state index is 0.0416. The third-order valence-electron chi connectivity index (χ3n) is 4.30. The molecule has 24 heavy (non-hydrogen) atoms. The SMILES string of the molecule is CCOC(=O)C1C(C(F)F)N=NC12C(=O)N(C)c1c(F)cccc12. The first-order chi connectivity index (χ1) is 11.4. The van der Waals surface area contributed by atoms with Crippen LogP contribution in [0.5, 0.6) is 0 Å². The summed E-state index contributed by atoms with van der Waals surface area (Å²) in [6.07, 6.45) is -3.02. The number of esters is 1. The van der Waals surface area contributed by atoms with Gasteiger partial charge in [-0.1, -0.05) is 12.1 Å². The summed E-state index contributed by atoms with van der Waals surface area (Å²) in [6, 6.07) is 2.03. The Bertz CT molecular complexity index is 740. The average Bonchev–Trinajstić information content (AvgIpc) is 3.03. The van der Waals surface area contributed by atoms with E-state index in [1.165, 1.54) is 26.1 Å². The minimum atomic E-state index is -3.02. The molecule has 0 saturated heterocycles. The lowest BCUT2D eigenvalue weighted by Gasteiger charge is -2.27. The zero-order valence-electron chi connectivity index (χ0n) is 12.9. The van der Waals surface area contributed by atoms with Gasteiger partial charge in [-0.15, -0.1) is 0 Å². The second-order valence-electron chi connectivity index (χ2n) is 5.54. The molecule has 0 aromatic heterocycles. The lowest BCUT2D eigenvalue weighted by Crippen LogP contribution is -2.49. The van der Waals surface area contributed by atoms with E-state index in [2.05, 4.69) is 10.2 Å². The first-order valence-electron chi connectivity index (χ1n) is 7.30. The maximum absolute atomic E-state index is 14.2. The number of likely N-dealkylation sites (N-methyl/N-ethyl adjacent to an activating group) is 1. The quantitative estimate of drug-likeness (QED) is 0.792. The van der Waals surface area contributed by atoms with Crippen LogP contribution in [0.1, 0.15) is 12.5 Å². The number of halogens is 3. The Morgan fingerprint density at radius 1 is 1.46 bits per heavy atom. The smallest absolute Gasteiger partial charge is 0.314 e. The number of anilines is 1. The Kier molecular flexibility index (Phi) is 3.81. The maximum atomic E-state index is 14.2. The number of nitrogens with zero attached hydrogens (tertiary/aromatic N) is 3. The molecule has 0 radical (unpaired) electrons. The van der Waals surface area contributed by atoms with Gasteiger partial charge in [-0.2, -0.15) is 10.2 Å². The highest BCUT2D eigenvalue weighted by atomic mass is 19.3. The van der Waals surface area contributed by atoms with Crippen LogP contribution >= 0.6 is 0 Å². The van der Waals surface area contributed by atoms with Crippen molar-refractivity contribution in [1.82, 2.24) is 0 Å². The molecule has 0 bridgehead atoms. The van der Waals surface area contributed by atoms with Crippen LogP contribution in [0.4, 0.5) is 18.9 Å². The summed E-state index contributed by atoms with van der Waals surface area (Å²) in [7, 11) is 1.30. The van der Waals surface area contributed by atoms with Crippen molar-refractivity contribution in [3.63, 3.8) is 0 Å². The lowest BCUT2D eigenvalue weighted by molar-refractivity contribution is -0.154. The molecule has 1 aromatic rings. The fourth-order valence-electron chi connectivity index (χ4n) is 3.31. The van der Waals surface area contributed by atoms with Crippen molar-refractivity contribution in [3.05, 3.63) is 29.6 Å². The van der Waals surface area contributed by atoms with E-state index >= 15 is 0 Å². The van der Waals surface area contributed by atoms with Crippen molar-refractivity contribution >= 4 is 17.6 Å². The van der Waals surface area contributed by atoms with Gasteiger partial charge in [0, 0.05) is 12.6 Å². The number of rotatable bonds is 3. The topological polar surface area (TPSA) is 71.3 Å². The molecule has 1 aromatic carbocycles. The molecule has 1 amide bonds. The van der Waals surface area contributed by atoms with Gasteiger partial charge in [0.1, 0.15) is 17.8 Å². The van der Waals surface area contributed by atoms with Crippen LogP contribution in [-0.4, -0.2) is 38.0 Å². The number of hydrogen-bond acceptors (Lipinski definition) is 5. The van der Waals surface area contributed by atoms with Crippen LogP contribution < -0.4 is 4.90 Å². The summed E-state index contributed by atoms with van der Waals surface area (Å²) in [5.41, 5.74) is -2.06. The van der Waals surface area contributed by atoms with Crippen LogP contribution in [0, 0.1) is 11.7 Å². The van der Waals surface area contributed by atoms with Crippen molar-refractivity contribution in [2.45, 2.75) is 24.9 Å². The number of amides is 1. The summed E-state index contributed by atoms with van der Waals surface area (Å²) in [4.78, 5) is 26.1. The van der Waals surface area contributed by atoms with Gasteiger partial charge in [0.2, 0.25) is 5.54 Å². The number of benzene rings is 1. The Hall–Kier alpha value is -2.45. The molecule has 0 saturated carbocycles. The fraction of sp³-hybridized carbons (Fsp3) is 0.467. The third kappa shape index (κ3) is 1.96. The Morgan fingerprint density at radius 3 is 2.79 bits per heavy atom. The summed E-state index contributed by atoms with van der Waals surface area (Å²) >= 11 is 0. The Morgan fingerprint density at radius 2 is 2.17 bits per heavy atom. The van der Waals surface area contributed by atoms with E-state index in [9.17, 15) is 22.8 Å². The fourth-order valence-corrected chi connectivity index (χ4v) is 3.31. The standard InChI is InChI=1S/C15H14F3N3O3/c1-3-24-13(22)9-10(12(17)18)19-20-15(9)7-5-4-6-8(16)11(7)21(2)14(15)23/h4-6,9-10,12H,3H2,1-2H3. The number of carbonyl (C=O) groups excluding carboxylic acids is 2. The number of para-hydroxylation sites is 1. The van der Waals surface area contributed by atoms with Gasteiger partial charge in [0.15, 0.2) is 0 Å². The normalized spacial score (nSPS) is 28.1. The monoisotopic (exact) mass is 341 g/mol. The molecular formula is C15H14F3N3O3. The number of azo groups is 1. The highest BCUT2D eigenvalue weighted by Crippen LogP contribution is 2.53. The Balaban J connectivity index is 2.22. The highest BCUT2D eigenvalue weighted by Gasteiger charge is 2.66. The van der Waals surface area contributed by atoms with Crippen molar-refractivity contribution in [3.8, 4) is 0 Å². The molecule has 0 aliphatic carbocycles. The molecule has 2 heterocycles. The predicted molar refractivity (Wildman–Crippen MR) is 76.3 cm³/mol. The maximum Gasteiger partial charge on any atom is 0.314 e. The number of ether oxygens (including phenoxy) is 1. The summed E-state index contributed by atoms with van der Waals surface area (Å²) in [5, 5.41) is 7.23. The largest absolute Gasteiger partial charge is 0.466 e. The van der Waals surface area contributed by atoms with Gasteiger partial charge in [0.25, 0.3) is 12.3 Å². The van der Waals surface area contributed by atoms with Gasteiger partial charge in [0.05, 0.1) is 12.3 Å². The lowest BCUT2D eigenvalue weighted by atomic mass is 9.76. The van der Waals surface area contributed by atoms with E-state index in [1.807, 2.05) is 0 Å². The summed E-state index contributed by atoms with van der Waals surface area (Å²) < 4.78 is 45.7. The van der Waals surface area contributed by atoms with Gasteiger partial charge in [-0.25, -0.2) is 13.2 Å². The first kappa shape index (κ1) is 16.4. The number of fused-ring (bicyclic) bond motifs is 2. The van der Waals surface area contributed by atoms with E-state index in [-0.39, 0.29) is 17.9 Å². The molecule has 0 N–H and O–H groups in total. The molecule has 1 spiro atoms. The van der Waals surface area contributed by atoms with E-state index in [0.717, 1.165) is 11.0 Å². The molecule has 3 rings (SSSR count). The minimum Gasteiger partial charge on any atom is -0.466 e. The van der Waals surface area contributed by atoms with Crippen LogP contribution in [0.15, 0.2) is 28.4 Å². The van der Waals surface area contributed by atoms with Crippen molar-refractivity contribution < 1.29 is 27.5 Å². The molecule has 0 fully saturated rings. The molecule has 9 heteroatoms. The third-order valence-corrected chi connectivity index (χ3v) is 4.30. The average molecular weight is 341 g/mol. The second-order valence-corrected chi connectivity index (χ2v) is 5.54. The zero-order valence-corrected chi connectivity index (χ0v) is 12.9. The summed E-state index contributed by atoms with van der Waals surface area (Å²) in [5.74, 6) is -4.15. The second kappa shape index (κ2) is 5.57. The van der Waals surface area contributed by atoms with E-state index in [4.69, 9.17) is 4.74 Å². The number of hydrogen-bond donors (Lipinski definition) is 0. The van der Waals surface area contributed by atoms with Gasteiger partial charge >= 0.3 is 5.97 Å². The van der Waals surface area contributed by atoms with Gasteiger partial charge < -0.3 is 9.64 Å². The molecule has 2 aliphatic rings. The zero-order chi connectivity index (χ0) is 17.6.